The number of hydrogen-bond donors (Lipinski definition) is 1. The molecule has 0 saturated heterocycles. The molecule has 1 atom stereocenters. The molecular formula is C18H32N4S. The molecule has 0 bridgehead atoms. The Hall–Kier alpha value is -1.04. The molecule has 0 spiro atoms. The van der Waals surface area contributed by atoms with Crippen LogP contribution in [-0.2, 0) is 6.42 Å². The van der Waals surface area contributed by atoms with Gasteiger partial charge < -0.3 is 10.2 Å². The molecule has 1 aromatic heterocycles. The van der Waals surface area contributed by atoms with E-state index in [0.29, 0.717) is 12.1 Å². The molecular weight excluding hydrogens is 304 g/mol. The van der Waals surface area contributed by atoms with Crippen molar-refractivity contribution in [3.8, 4) is 0 Å². The van der Waals surface area contributed by atoms with Crippen LogP contribution in [-0.4, -0.2) is 55.9 Å². The quantitative estimate of drug-likeness (QED) is 0.665. The summed E-state index contributed by atoms with van der Waals surface area (Å²) in [7, 11) is 6.05. The number of nitrogens with one attached hydrogen (secondary N) is 1. The Morgan fingerprint density at radius 1 is 1.43 bits per heavy atom. The topological polar surface area (TPSA) is 40.5 Å². The van der Waals surface area contributed by atoms with Crippen LogP contribution in [0.3, 0.4) is 0 Å². The summed E-state index contributed by atoms with van der Waals surface area (Å²) in [5, 5.41) is 6.52. The first-order valence-corrected chi connectivity index (χ1v) is 9.31. The molecule has 0 aromatic carbocycles. The molecule has 0 fully saturated rings. The van der Waals surface area contributed by atoms with Gasteiger partial charge in [0.1, 0.15) is 5.01 Å². The average Bonchev–Trinajstić information content (AvgIpc) is 3.00. The van der Waals surface area contributed by atoms with E-state index in [9.17, 15) is 0 Å². The van der Waals surface area contributed by atoms with Gasteiger partial charge in [-0.3, -0.25) is 4.99 Å². The zero-order valence-corrected chi connectivity index (χ0v) is 16.3. The SMILES string of the molecule is C/C=C(\C=N/C)c1nc(CCC(CCNC)N(C)C(C)C)cs1. The lowest BCUT2D eigenvalue weighted by Gasteiger charge is -2.31. The molecule has 1 unspecified atom stereocenters. The van der Waals surface area contributed by atoms with Crippen LogP contribution in [0.15, 0.2) is 16.4 Å². The number of allylic oxidation sites excluding steroid dienone is 2. The van der Waals surface area contributed by atoms with Crippen LogP contribution in [0.25, 0.3) is 5.57 Å². The molecule has 1 heterocycles. The molecule has 0 amide bonds. The smallest absolute Gasteiger partial charge is 0.124 e. The molecule has 0 aliphatic carbocycles. The first kappa shape index (κ1) is 20.0. The molecule has 0 saturated carbocycles. The molecule has 130 valence electrons. The summed E-state index contributed by atoms with van der Waals surface area (Å²) in [5.74, 6) is 0. The number of aliphatic imine (C=N–C) groups is 1. The second kappa shape index (κ2) is 10.7. The predicted molar refractivity (Wildman–Crippen MR) is 104 cm³/mol. The van der Waals surface area contributed by atoms with Gasteiger partial charge in [0.15, 0.2) is 0 Å². The molecule has 23 heavy (non-hydrogen) atoms. The maximum Gasteiger partial charge on any atom is 0.124 e. The Labute approximate surface area is 145 Å². The first-order chi connectivity index (χ1) is 11.0. The van der Waals surface area contributed by atoms with E-state index >= 15 is 0 Å². The molecule has 1 rings (SSSR count). The van der Waals surface area contributed by atoms with Crippen molar-refractivity contribution < 1.29 is 0 Å². The predicted octanol–water partition coefficient (Wildman–Crippen LogP) is 3.50. The van der Waals surface area contributed by atoms with Crippen LogP contribution in [0.1, 0.15) is 44.3 Å². The van der Waals surface area contributed by atoms with Gasteiger partial charge in [-0.15, -0.1) is 11.3 Å². The van der Waals surface area contributed by atoms with Crippen LogP contribution in [0.2, 0.25) is 0 Å². The van der Waals surface area contributed by atoms with Gasteiger partial charge in [-0.05, 0) is 60.7 Å². The van der Waals surface area contributed by atoms with Crippen molar-refractivity contribution in [2.24, 2.45) is 4.99 Å². The summed E-state index contributed by atoms with van der Waals surface area (Å²) in [6.45, 7) is 7.61. The molecule has 0 radical (unpaired) electrons. The summed E-state index contributed by atoms with van der Waals surface area (Å²) >= 11 is 1.71. The van der Waals surface area contributed by atoms with Crippen molar-refractivity contribution in [2.75, 3.05) is 27.7 Å². The number of nitrogens with zero attached hydrogens (tertiary/aromatic N) is 3. The van der Waals surface area contributed by atoms with Gasteiger partial charge in [0.25, 0.3) is 0 Å². The average molecular weight is 337 g/mol. The van der Waals surface area contributed by atoms with E-state index in [2.05, 4.69) is 47.6 Å². The summed E-state index contributed by atoms with van der Waals surface area (Å²) in [4.78, 5) is 11.4. The van der Waals surface area contributed by atoms with Crippen LogP contribution in [0.4, 0.5) is 0 Å². The fourth-order valence-corrected chi connectivity index (χ4v) is 3.44. The zero-order valence-electron chi connectivity index (χ0n) is 15.5. The normalized spacial score (nSPS) is 14.3. The highest BCUT2D eigenvalue weighted by atomic mass is 32.1. The van der Waals surface area contributed by atoms with Gasteiger partial charge in [0.2, 0.25) is 0 Å². The van der Waals surface area contributed by atoms with Gasteiger partial charge in [0.05, 0.1) is 5.69 Å². The van der Waals surface area contributed by atoms with Crippen molar-refractivity contribution in [3.63, 3.8) is 0 Å². The van der Waals surface area contributed by atoms with E-state index in [1.807, 2.05) is 20.2 Å². The molecule has 4 nitrogen and oxygen atoms in total. The third kappa shape index (κ3) is 6.53. The Bertz CT molecular complexity index is 505. The molecule has 1 N–H and O–H groups in total. The highest BCUT2D eigenvalue weighted by Gasteiger charge is 2.17. The van der Waals surface area contributed by atoms with Crippen LogP contribution in [0.5, 0.6) is 0 Å². The van der Waals surface area contributed by atoms with Gasteiger partial charge in [-0.2, -0.15) is 0 Å². The number of aryl methyl sites for hydroxylation is 1. The van der Waals surface area contributed by atoms with Crippen molar-refractivity contribution in [1.82, 2.24) is 15.2 Å². The second-order valence-electron chi connectivity index (χ2n) is 6.12. The van der Waals surface area contributed by atoms with E-state index in [1.54, 1.807) is 18.4 Å². The summed E-state index contributed by atoms with van der Waals surface area (Å²) in [6.07, 6.45) is 7.29. The van der Waals surface area contributed by atoms with Crippen LogP contribution < -0.4 is 5.32 Å². The molecule has 1 aromatic rings. The number of hydrogen-bond acceptors (Lipinski definition) is 5. The minimum Gasteiger partial charge on any atom is -0.320 e. The van der Waals surface area contributed by atoms with E-state index in [0.717, 1.165) is 30.0 Å². The highest BCUT2D eigenvalue weighted by molar-refractivity contribution is 7.11. The third-order valence-electron chi connectivity index (χ3n) is 4.23. The van der Waals surface area contributed by atoms with E-state index in [4.69, 9.17) is 4.98 Å². The van der Waals surface area contributed by atoms with Crippen molar-refractivity contribution >= 4 is 23.1 Å². The van der Waals surface area contributed by atoms with Gasteiger partial charge in [-0.1, -0.05) is 6.08 Å². The maximum absolute atomic E-state index is 4.78. The van der Waals surface area contributed by atoms with Gasteiger partial charge >= 0.3 is 0 Å². The molecule has 0 aliphatic rings. The monoisotopic (exact) mass is 336 g/mol. The van der Waals surface area contributed by atoms with Crippen molar-refractivity contribution in [1.29, 1.82) is 0 Å². The van der Waals surface area contributed by atoms with Crippen LogP contribution >= 0.6 is 11.3 Å². The first-order valence-electron chi connectivity index (χ1n) is 8.43. The van der Waals surface area contributed by atoms with Gasteiger partial charge in [-0.25, -0.2) is 4.98 Å². The molecule has 5 heteroatoms. The Kier molecular flexibility index (Phi) is 9.29. The summed E-state index contributed by atoms with van der Waals surface area (Å²) in [6, 6.07) is 1.16. The third-order valence-corrected chi connectivity index (χ3v) is 5.17. The lowest BCUT2D eigenvalue weighted by molar-refractivity contribution is 0.176. The largest absolute Gasteiger partial charge is 0.320 e. The van der Waals surface area contributed by atoms with E-state index < -0.39 is 0 Å². The highest BCUT2D eigenvalue weighted by Crippen LogP contribution is 2.20. The Balaban J connectivity index is 2.69. The lowest BCUT2D eigenvalue weighted by atomic mass is 10.0. The van der Waals surface area contributed by atoms with Crippen molar-refractivity contribution in [2.45, 2.75) is 52.1 Å². The zero-order chi connectivity index (χ0) is 17.2. The minimum absolute atomic E-state index is 0.568. The Morgan fingerprint density at radius 2 is 2.17 bits per heavy atom. The lowest BCUT2D eigenvalue weighted by Crippen LogP contribution is -2.39. The van der Waals surface area contributed by atoms with E-state index in [1.165, 1.54) is 12.1 Å². The number of aromatic nitrogens is 1. The number of rotatable bonds is 10. The Morgan fingerprint density at radius 3 is 2.74 bits per heavy atom. The maximum atomic E-state index is 4.78. The number of thiazole rings is 1. The van der Waals surface area contributed by atoms with E-state index in [-0.39, 0.29) is 0 Å². The fraction of sp³-hybridized carbons (Fsp3) is 0.667. The minimum atomic E-state index is 0.568. The van der Waals surface area contributed by atoms with Gasteiger partial charge in [0, 0.05) is 36.3 Å². The standard InChI is InChI=1S/C18H32N4S/c1-7-15(12-20-5)18-21-16(13-23-18)8-9-17(10-11-19-4)22(6)14(2)3/h7,12-14,17,19H,8-11H2,1-6H3/b15-7+,20-12-. The molecule has 0 aliphatic heterocycles. The fourth-order valence-electron chi connectivity index (χ4n) is 2.55. The summed E-state index contributed by atoms with van der Waals surface area (Å²) in [5.41, 5.74) is 2.30. The summed E-state index contributed by atoms with van der Waals surface area (Å²) < 4.78 is 0. The van der Waals surface area contributed by atoms with Crippen LogP contribution in [0, 0.1) is 0 Å². The second-order valence-corrected chi connectivity index (χ2v) is 6.98. The van der Waals surface area contributed by atoms with Crippen molar-refractivity contribution in [3.05, 3.63) is 22.2 Å².